The van der Waals surface area contributed by atoms with Gasteiger partial charge in [-0.05, 0) is 25.5 Å². The highest BCUT2D eigenvalue weighted by Crippen LogP contribution is 2.24. The summed E-state index contributed by atoms with van der Waals surface area (Å²) in [6.07, 6.45) is 2.92. The average Bonchev–Trinajstić information content (AvgIpc) is 2.88. The minimum atomic E-state index is 0.251. The molecule has 1 atom stereocenters. The van der Waals surface area contributed by atoms with Crippen molar-refractivity contribution in [2.75, 3.05) is 6.61 Å². The third kappa shape index (κ3) is 2.90. The van der Waals surface area contributed by atoms with E-state index < -0.39 is 0 Å². The van der Waals surface area contributed by atoms with Gasteiger partial charge in [0, 0.05) is 6.07 Å². The molecular weight excluding hydrogens is 294 g/mol. The van der Waals surface area contributed by atoms with Crippen LogP contribution >= 0.6 is 15.9 Å². The van der Waals surface area contributed by atoms with E-state index >= 15 is 0 Å². The van der Waals surface area contributed by atoms with Crippen molar-refractivity contribution < 1.29 is 4.74 Å². The molecule has 0 fully saturated rings. The molecule has 1 heterocycles. The maximum atomic E-state index is 5.47. The fourth-order valence-electron chi connectivity index (χ4n) is 1.64. The van der Waals surface area contributed by atoms with Crippen LogP contribution in [0.2, 0.25) is 0 Å². The first-order valence-electron chi connectivity index (χ1n) is 6.04. The van der Waals surface area contributed by atoms with Gasteiger partial charge in [0.25, 0.3) is 0 Å². The lowest BCUT2D eigenvalue weighted by Gasteiger charge is -2.05. The summed E-state index contributed by atoms with van der Waals surface area (Å²) < 4.78 is 7.24. The van der Waals surface area contributed by atoms with Crippen molar-refractivity contribution in [1.82, 2.24) is 15.0 Å². The van der Waals surface area contributed by atoms with Crippen LogP contribution in [0.3, 0.4) is 0 Å². The maximum absolute atomic E-state index is 5.47. The van der Waals surface area contributed by atoms with Crippen molar-refractivity contribution in [2.45, 2.75) is 25.1 Å². The van der Waals surface area contributed by atoms with E-state index in [9.17, 15) is 0 Å². The van der Waals surface area contributed by atoms with Gasteiger partial charge in [-0.25, -0.2) is 4.68 Å². The molecule has 0 radical (unpaired) electrons. The molecule has 1 aromatic heterocycles. The molecule has 4 nitrogen and oxygen atoms in total. The summed E-state index contributed by atoms with van der Waals surface area (Å²) in [5.41, 5.74) is 1.90. The molecule has 0 saturated carbocycles. The molecule has 2 aromatic rings. The minimum Gasteiger partial charge on any atom is -0.494 e. The lowest BCUT2D eigenvalue weighted by molar-refractivity contribution is 0.340. The molecule has 1 aromatic carbocycles. The molecule has 0 amide bonds. The van der Waals surface area contributed by atoms with Gasteiger partial charge >= 0.3 is 0 Å². The van der Waals surface area contributed by atoms with Gasteiger partial charge in [0.2, 0.25) is 0 Å². The van der Waals surface area contributed by atoms with Crippen LogP contribution in [0.5, 0.6) is 5.75 Å². The predicted molar refractivity (Wildman–Crippen MR) is 74.5 cm³/mol. The largest absolute Gasteiger partial charge is 0.494 e. The molecule has 5 heteroatoms. The Morgan fingerprint density at radius 1 is 1.39 bits per heavy atom. The smallest absolute Gasteiger partial charge is 0.121 e. The molecule has 0 bridgehead atoms. The standard InChI is InChI=1S/C13H16BrN3O/c1-3-12(14)13-9-17(16-15-13)10-6-5-7-11(8-10)18-4-2/h5-9,12H,3-4H2,1-2H3. The first-order valence-corrected chi connectivity index (χ1v) is 6.95. The molecule has 96 valence electrons. The van der Waals surface area contributed by atoms with Gasteiger partial charge in [-0.2, -0.15) is 0 Å². The van der Waals surface area contributed by atoms with Gasteiger partial charge in [0.1, 0.15) is 5.75 Å². The number of ether oxygens (including phenoxy) is 1. The van der Waals surface area contributed by atoms with Gasteiger partial charge in [-0.3, -0.25) is 0 Å². The molecule has 1 unspecified atom stereocenters. The van der Waals surface area contributed by atoms with Gasteiger partial charge in [-0.15, -0.1) is 5.10 Å². The zero-order valence-corrected chi connectivity index (χ0v) is 12.1. The Hall–Kier alpha value is -1.36. The van der Waals surface area contributed by atoms with E-state index in [-0.39, 0.29) is 4.83 Å². The van der Waals surface area contributed by atoms with E-state index in [0.29, 0.717) is 6.61 Å². The monoisotopic (exact) mass is 309 g/mol. The van der Waals surface area contributed by atoms with E-state index in [2.05, 4.69) is 33.2 Å². The minimum absolute atomic E-state index is 0.251. The lowest BCUT2D eigenvalue weighted by atomic mass is 10.2. The Bertz CT molecular complexity index is 512. The summed E-state index contributed by atoms with van der Waals surface area (Å²) in [5.74, 6) is 0.845. The summed E-state index contributed by atoms with van der Waals surface area (Å²) in [6, 6.07) is 7.82. The Balaban J connectivity index is 2.25. The Morgan fingerprint density at radius 2 is 2.22 bits per heavy atom. The van der Waals surface area contributed by atoms with Crippen molar-refractivity contribution in [1.29, 1.82) is 0 Å². The third-order valence-corrected chi connectivity index (χ3v) is 3.70. The topological polar surface area (TPSA) is 39.9 Å². The fourth-order valence-corrected chi connectivity index (χ4v) is 1.85. The number of nitrogens with zero attached hydrogens (tertiary/aromatic N) is 3. The molecular formula is C13H16BrN3O. The summed E-state index contributed by atoms with van der Waals surface area (Å²) >= 11 is 3.57. The molecule has 0 N–H and O–H groups in total. The van der Waals surface area contributed by atoms with E-state index in [1.165, 1.54) is 0 Å². The summed E-state index contributed by atoms with van der Waals surface area (Å²) in [6.45, 7) is 4.73. The number of hydrogen-bond donors (Lipinski definition) is 0. The maximum Gasteiger partial charge on any atom is 0.121 e. The van der Waals surface area contributed by atoms with Crippen LogP contribution < -0.4 is 4.74 Å². The van der Waals surface area contributed by atoms with Gasteiger partial charge in [-0.1, -0.05) is 34.1 Å². The molecule has 0 aliphatic rings. The number of aromatic nitrogens is 3. The highest BCUT2D eigenvalue weighted by atomic mass is 79.9. The predicted octanol–water partition coefficient (Wildman–Crippen LogP) is 3.51. The molecule has 0 saturated heterocycles. The van der Waals surface area contributed by atoms with E-state index in [4.69, 9.17) is 4.74 Å². The second kappa shape index (κ2) is 6.00. The average molecular weight is 310 g/mol. The SMILES string of the molecule is CCOc1cccc(-n2cc(C(Br)CC)nn2)c1. The van der Waals surface area contributed by atoms with Crippen LogP contribution in [0.15, 0.2) is 30.5 Å². The van der Waals surface area contributed by atoms with Gasteiger partial charge < -0.3 is 4.74 Å². The number of hydrogen-bond acceptors (Lipinski definition) is 3. The Labute approximate surface area is 115 Å². The Morgan fingerprint density at radius 3 is 2.94 bits per heavy atom. The quantitative estimate of drug-likeness (QED) is 0.793. The van der Waals surface area contributed by atoms with Crippen LogP contribution in [-0.4, -0.2) is 21.6 Å². The zero-order valence-electron chi connectivity index (χ0n) is 10.5. The first-order chi connectivity index (χ1) is 8.74. The first kappa shape index (κ1) is 13.1. The van der Waals surface area contributed by atoms with Crippen molar-refractivity contribution in [2.24, 2.45) is 0 Å². The van der Waals surface area contributed by atoms with Crippen molar-refractivity contribution >= 4 is 15.9 Å². The van der Waals surface area contributed by atoms with Crippen LogP contribution in [0.4, 0.5) is 0 Å². The normalized spacial score (nSPS) is 12.4. The molecule has 0 aliphatic heterocycles. The van der Waals surface area contributed by atoms with E-state index in [1.807, 2.05) is 37.4 Å². The van der Waals surface area contributed by atoms with Gasteiger partial charge in [0.15, 0.2) is 0 Å². The second-order valence-corrected chi connectivity index (χ2v) is 5.00. The van der Waals surface area contributed by atoms with E-state index in [1.54, 1.807) is 4.68 Å². The van der Waals surface area contributed by atoms with Crippen molar-refractivity contribution in [3.8, 4) is 11.4 Å². The van der Waals surface area contributed by atoms with Crippen LogP contribution in [0, 0.1) is 0 Å². The molecule has 0 spiro atoms. The molecule has 2 rings (SSSR count). The van der Waals surface area contributed by atoms with Crippen molar-refractivity contribution in [3.05, 3.63) is 36.2 Å². The van der Waals surface area contributed by atoms with Crippen LogP contribution in [0.1, 0.15) is 30.8 Å². The summed E-state index contributed by atoms with van der Waals surface area (Å²) in [4.78, 5) is 0.251. The number of benzene rings is 1. The summed E-state index contributed by atoms with van der Waals surface area (Å²) in [7, 11) is 0. The zero-order chi connectivity index (χ0) is 13.0. The summed E-state index contributed by atoms with van der Waals surface area (Å²) in [5, 5.41) is 8.30. The third-order valence-electron chi connectivity index (χ3n) is 2.58. The Kier molecular flexibility index (Phi) is 4.36. The highest BCUT2D eigenvalue weighted by Gasteiger charge is 2.10. The molecule has 18 heavy (non-hydrogen) atoms. The van der Waals surface area contributed by atoms with Gasteiger partial charge in [0.05, 0.1) is 29.0 Å². The molecule has 0 aliphatic carbocycles. The number of halogens is 1. The number of rotatable bonds is 5. The van der Waals surface area contributed by atoms with Crippen molar-refractivity contribution in [3.63, 3.8) is 0 Å². The fraction of sp³-hybridized carbons (Fsp3) is 0.385. The van der Waals surface area contributed by atoms with Crippen LogP contribution in [0.25, 0.3) is 5.69 Å². The highest BCUT2D eigenvalue weighted by molar-refractivity contribution is 9.09. The number of alkyl halides is 1. The van der Waals surface area contributed by atoms with Crippen LogP contribution in [-0.2, 0) is 0 Å². The second-order valence-electron chi connectivity index (χ2n) is 3.89. The van der Waals surface area contributed by atoms with E-state index in [0.717, 1.165) is 23.6 Å². The lowest BCUT2D eigenvalue weighted by Crippen LogP contribution is -1.97.